The highest BCUT2D eigenvalue weighted by molar-refractivity contribution is 7.15. The SMILES string of the molecule is Fc1ccc(Cn2c(NC3CCN(CCc4csc5nccn45)CC3)nc3ccccc32)cc1. The maximum Gasteiger partial charge on any atom is 0.204 e. The molecule has 0 radical (unpaired) electrons. The molecule has 3 aromatic heterocycles. The van der Waals surface area contributed by atoms with Crippen LogP contribution in [0.2, 0.25) is 0 Å². The topological polar surface area (TPSA) is 50.4 Å². The lowest BCUT2D eigenvalue weighted by atomic mass is 10.0. The van der Waals surface area contributed by atoms with E-state index in [0.717, 1.165) is 66.4 Å². The lowest BCUT2D eigenvalue weighted by Gasteiger charge is -2.32. The fourth-order valence-corrected chi connectivity index (χ4v) is 5.71. The van der Waals surface area contributed by atoms with Gasteiger partial charge in [-0.25, -0.2) is 14.4 Å². The molecule has 0 atom stereocenters. The lowest BCUT2D eigenvalue weighted by Crippen LogP contribution is -2.40. The molecule has 0 aliphatic carbocycles. The van der Waals surface area contributed by atoms with E-state index in [4.69, 9.17) is 4.98 Å². The molecular formula is C26H27FN6S. The van der Waals surface area contributed by atoms with Crippen LogP contribution >= 0.6 is 11.3 Å². The summed E-state index contributed by atoms with van der Waals surface area (Å²) in [6.07, 6.45) is 7.14. The maximum atomic E-state index is 13.4. The van der Waals surface area contributed by atoms with Crippen LogP contribution in [0.4, 0.5) is 10.3 Å². The van der Waals surface area contributed by atoms with E-state index in [2.05, 4.69) is 41.8 Å². The second-order valence-corrected chi connectivity index (χ2v) is 9.79. The third kappa shape index (κ3) is 4.31. The molecule has 6 nitrogen and oxygen atoms in total. The number of thiazole rings is 1. The average Bonchev–Trinajstić information content (AvgIpc) is 3.56. The highest BCUT2D eigenvalue weighted by Gasteiger charge is 2.21. The van der Waals surface area contributed by atoms with Crippen LogP contribution in [0.25, 0.3) is 16.0 Å². The van der Waals surface area contributed by atoms with Crippen LogP contribution in [0, 0.1) is 5.82 Å². The number of nitrogens with one attached hydrogen (secondary N) is 1. The van der Waals surface area contributed by atoms with Crippen LogP contribution in [-0.4, -0.2) is 49.5 Å². The summed E-state index contributed by atoms with van der Waals surface area (Å²) in [5.41, 5.74) is 4.47. The number of halogens is 1. The largest absolute Gasteiger partial charge is 0.353 e. The molecule has 2 aromatic carbocycles. The van der Waals surface area contributed by atoms with E-state index in [1.807, 2.05) is 36.5 Å². The Morgan fingerprint density at radius 1 is 1.06 bits per heavy atom. The summed E-state index contributed by atoms with van der Waals surface area (Å²) in [6.45, 7) is 3.88. The number of fused-ring (bicyclic) bond motifs is 2. The Morgan fingerprint density at radius 2 is 1.88 bits per heavy atom. The van der Waals surface area contributed by atoms with Gasteiger partial charge in [-0.1, -0.05) is 24.3 Å². The van der Waals surface area contributed by atoms with E-state index in [-0.39, 0.29) is 5.82 Å². The van der Waals surface area contributed by atoms with Crippen molar-refractivity contribution in [3.8, 4) is 0 Å². The molecule has 5 aromatic rings. The van der Waals surface area contributed by atoms with Crippen molar-refractivity contribution in [2.45, 2.75) is 31.8 Å². The van der Waals surface area contributed by atoms with Crippen molar-refractivity contribution < 1.29 is 4.39 Å². The Hall–Kier alpha value is -3.23. The number of benzene rings is 2. The molecule has 1 fully saturated rings. The normalized spacial score (nSPS) is 15.4. The number of piperidine rings is 1. The Labute approximate surface area is 201 Å². The molecule has 34 heavy (non-hydrogen) atoms. The van der Waals surface area contributed by atoms with E-state index in [0.29, 0.717) is 12.6 Å². The van der Waals surface area contributed by atoms with Crippen LogP contribution in [-0.2, 0) is 13.0 Å². The van der Waals surface area contributed by atoms with Crippen LogP contribution in [0.15, 0.2) is 66.3 Å². The molecule has 1 saturated heterocycles. The highest BCUT2D eigenvalue weighted by Crippen LogP contribution is 2.24. The van der Waals surface area contributed by atoms with Gasteiger partial charge in [-0.15, -0.1) is 11.3 Å². The highest BCUT2D eigenvalue weighted by atomic mass is 32.1. The fraction of sp³-hybridized carbons (Fsp3) is 0.308. The molecule has 0 amide bonds. The first kappa shape index (κ1) is 21.3. The zero-order valence-electron chi connectivity index (χ0n) is 18.9. The minimum absolute atomic E-state index is 0.210. The Bertz CT molecular complexity index is 1390. The second-order valence-electron chi connectivity index (χ2n) is 8.95. The molecule has 1 aliphatic heterocycles. The number of anilines is 1. The van der Waals surface area contributed by atoms with Gasteiger partial charge in [-0.05, 0) is 42.7 Å². The molecule has 0 unspecified atom stereocenters. The van der Waals surface area contributed by atoms with Crippen molar-refractivity contribution in [2.75, 3.05) is 25.0 Å². The van der Waals surface area contributed by atoms with Crippen LogP contribution < -0.4 is 5.32 Å². The maximum absolute atomic E-state index is 13.4. The summed E-state index contributed by atoms with van der Waals surface area (Å²) < 4.78 is 17.8. The van der Waals surface area contributed by atoms with Gasteiger partial charge >= 0.3 is 0 Å². The summed E-state index contributed by atoms with van der Waals surface area (Å²) in [4.78, 5) is 12.9. The molecule has 174 valence electrons. The van der Waals surface area contributed by atoms with Gasteiger partial charge in [0, 0.05) is 55.6 Å². The number of aromatic nitrogens is 4. The van der Waals surface area contributed by atoms with Crippen LogP contribution in [0.1, 0.15) is 24.1 Å². The number of hydrogen-bond acceptors (Lipinski definition) is 5. The first-order valence-corrected chi connectivity index (χ1v) is 12.7. The van der Waals surface area contributed by atoms with Gasteiger partial charge < -0.3 is 14.8 Å². The fourth-order valence-electron chi connectivity index (χ4n) is 4.83. The van der Waals surface area contributed by atoms with Crippen molar-refractivity contribution in [3.05, 3.63) is 83.4 Å². The summed E-state index contributed by atoms with van der Waals surface area (Å²) >= 11 is 1.71. The average molecular weight is 475 g/mol. The number of hydrogen-bond donors (Lipinski definition) is 1. The van der Waals surface area contributed by atoms with E-state index in [1.165, 1.54) is 17.8 Å². The molecule has 8 heteroatoms. The monoisotopic (exact) mass is 474 g/mol. The number of rotatable bonds is 7. The van der Waals surface area contributed by atoms with Gasteiger partial charge in [0.05, 0.1) is 17.6 Å². The van der Waals surface area contributed by atoms with Crippen molar-refractivity contribution in [3.63, 3.8) is 0 Å². The van der Waals surface area contributed by atoms with Crippen LogP contribution in [0.3, 0.4) is 0 Å². The van der Waals surface area contributed by atoms with Gasteiger partial charge in [-0.3, -0.25) is 4.40 Å². The summed E-state index contributed by atoms with van der Waals surface area (Å²) in [7, 11) is 0. The Morgan fingerprint density at radius 3 is 2.74 bits per heavy atom. The minimum Gasteiger partial charge on any atom is -0.353 e. The lowest BCUT2D eigenvalue weighted by molar-refractivity contribution is 0.220. The number of imidazole rings is 2. The van der Waals surface area contributed by atoms with E-state index in [9.17, 15) is 4.39 Å². The Balaban J connectivity index is 1.11. The minimum atomic E-state index is -0.210. The zero-order chi connectivity index (χ0) is 22.9. The Kier molecular flexibility index (Phi) is 5.76. The van der Waals surface area contributed by atoms with Gasteiger partial charge in [0.25, 0.3) is 0 Å². The first-order valence-electron chi connectivity index (χ1n) is 11.8. The van der Waals surface area contributed by atoms with Gasteiger partial charge in [0.1, 0.15) is 5.82 Å². The summed E-state index contributed by atoms with van der Waals surface area (Å²) in [5, 5.41) is 5.95. The smallest absolute Gasteiger partial charge is 0.204 e. The molecule has 0 saturated carbocycles. The molecule has 1 aliphatic rings. The van der Waals surface area contributed by atoms with Crippen molar-refractivity contribution >= 4 is 33.3 Å². The molecule has 1 N–H and O–H groups in total. The van der Waals surface area contributed by atoms with Gasteiger partial charge in [-0.2, -0.15) is 0 Å². The van der Waals surface area contributed by atoms with E-state index < -0.39 is 0 Å². The van der Waals surface area contributed by atoms with Crippen molar-refractivity contribution in [1.82, 2.24) is 23.8 Å². The molecule has 0 spiro atoms. The molecular weight excluding hydrogens is 447 g/mol. The molecule has 0 bridgehead atoms. The third-order valence-electron chi connectivity index (χ3n) is 6.73. The number of nitrogens with zero attached hydrogens (tertiary/aromatic N) is 5. The first-order chi connectivity index (χ1) is 16.7. The third-order valence-corrected chi connectivity index (χ3v) is 7.63. The van der Waals surface area contributed by atoms with Crippen molar-refractivity contribution in [1.29, 1.82) is 0 Å². The van der Waals surface area contributed by atoms with Crippen molar-refractivity contribution in [2.24, 2.45) is 0 Å². The zero-order valence-corrected chi connectivity index (χ0v) is 19.7. The van der Waals surface area contributed by atoms with Gasteiger partial charge in [0.15, 0.2) is 4.96 Å². The predicted molar refractivity (Wildman–Crippen MR) is 135 cm³/mol. The van der Waals surface area contributed by atoms with Crippen LogP contribution in [0.5, 0.6) is 0 Å². The molecule has 4 heterocycles. The van der Waals surface area contributed by atoms with E-state index >= 15 is 0 Å². The number of para-hydroxylation sites is 2. The summed E-state index contributed by atoms with van der Waals surface area (Å²) in [6, 6.07) is 15.3. The second kappa shape index (κ2) is 9.19. The van der Waals surface area contributed by atoms with E-state index in [1.54, 1.807) is 11.3 Å². The predicted octanol–water partition coefficient (Wildman–Crippen LogP) is 5.05. The quantitative estimate of drug-likeness (QED) is 0.359. The summed E-state index contributed by atoms with van der Waals surface area (Å²) in [5.74, 6) is 0.683. The standard InChI is InChI=1S/C26H27FN6S/c27-20-7-5-19(6-8-20)17-33-24-4-2-1-3-23(24)30-25(33)29-21-9-13-31(14-10-21)15-11-22-18-34-26-28-12-16-32(22)26/h1-8,12,16,18,21H,9-11,13-15,17H2,(H,29,30). The number of likely N-dealkylation sites (tertiary alicyclic amines) is 1. The van der Waals surface area contributed by atoms with Gasteiger partial charge in [0.2, 0.25) is 5.95 Å². The molecule has 6 rings (SSSR count).